The van der Waals surface area contributed by atoms with Gasteiger partial charge < -0.3 is 14.1 Å². The Labute approximate surface area is 97.2 Å². The van der Waals surface area contributed by atoms with Crippen LogP contribution in [0.25, 0.3) is 11.5 Å². The molecule has 2 aromatic rings. The molecule has 1 N–H and O–H groups in total. The Hall–Kier alpha value is -1.68. The van der Waals surface area contributed by atoms with E-state index in [4.69, 9.17) is 16.0 Å². The van der Waals surface area contributed by atoms with E-state index in [9.17, 15) is 4.79 Å². The summed E-state index contributed by atoms with van der Waals surface area (Å²) in [7, 11) is 1.32. The maximum absolute atomic E-state index is 11.5. The second-order valence-corrected chi connectivity index (χ2v) is 3.66. The molecular formula is C11H10ClNO3. The summed E-state index contributed by atoms with van der Waals surface area (Å²) in [6.07, 6.45) is 1.54. The molecule has 16 heavy (non-hydrogen) atoms. The third-order valence-corrected chi connectivity index (χ3v) is 2.66. The van der Waals surface area contributed by atoms with Gasteiger partial charge in [-0.3, -0.25) is 0 Å². The molecule has 0 amide bonds. The normalized spacial score (nSPS) is 10.4. The standard InChI is InChI=1S/C11H10ClNO3/c1-6-8(11(14)15-2)9(12)10(13-6)7-4-3-5-16-7/h3-5,13H,1-2H3. The number of aryl methyl sites for hydroxylation is 1. The maximum atomic E-state index is 11.5. The van der Waals surface area contributed by atoms with Crippen LogP contribution in [-0.2, 0) is 4.74 Å². The van der Waals surface area contributed by atoms with Gasteiger partial charge in [0.25, 0.3) is 0 Å². The molecule has 4 nitrogen and oxygen atoms in total. The number of esters is 1. The molecule has 0 aliphatic heterocycles. The Morgan fingerprint density at radius 1 is 1.56 bits per heavy atom. The minimum atomic E-state index is -0.462. The van der Waals surface area contributed by atoms with Gasteiger partial charge in [-0.15, -0.1) is 0 Å². The summed E-state index contributed by atoms with van der Waals surface area (Å²) < 4.78 is 9.87. The van der Waals surface area contributed by atoms with E-state index in [1.54, 1.807) is 25.3 Å². The molecule has 0 aliphatic carbocycles. The van der Waals surface area contributed by atoms with Crippen LogP contribution in [0.5, 0.6) is 0 Å². The van der Waals surface area contributed by atoms with Crippen LogP contribution >= 0.6 is 11.6 Å². The summed E-state index contributed by atoms with van der Waals surface area (Å²) in [6, 6.07) is 3.51. The molecule has 5 heteroatoms. The van der Waals surface area contributed by atoms with E-state index < -0.39 is 5.97 Å². The number of hydrogen-bond acceptors (Lipinski definition) is 3. The molecule has 0 atom stereocenters. The van der Waals surface area contributed by atoms with E-state index in [1.807, 2.05) is 0 Å². The summed E-state index contributed by atoms with van der Waals surface area (Å²) in [5.41, 5.74) is 1.59. The molecule has 0 radical (unpaired) electrons. The number of nitrogens with one attached hydrogen (secondary N) is 1. The van der Waals surface area contributed by atoms with Crippen LogP contribution in [0.1, 0.15) is 16.1 Å². The van der Waals surface area contributed by atoms with Crippen molar-refractivity contribution in [3.8, 4) is 11.5 Å². The number of carbonyl (C=O) groups is 1. The zero-order valence-corrected chi connectivity index (χ0v) is 9.59. The SMILES string of the molecule is COC(=O)c1c(C)[nH]c(-c2ccco2)c1Cl. The largest absolute Gasteiger partial charge is 0.465 e. The van der Waals surface area contributed by atoms with Crippen LogP contribution in [-0.4, -0.2) is 18.1 Å². The first kappa shape index (κ1) is 10.8. The van der Waals surface area contributed by atoms with Crippen LogP contribution in [0.4, 0.5) is 0 Å². The van der Waals surface area contributed by atoms with Gasteiger partial charge in [0.05, 0.1) is 24.0 Å². The minimum absolute atomic E-state index is 0.319. The van der Waals surface area contributed by atoms with Crippen molar-refractivity contribution in [2.45, 2.75) is 6.92 Å². The van der Waals surface area contributed by atoms with Gasteiger partial charge in [-0.1, -0.05) is 11.6 Å². The van der Waals surface area contributed by atoms with Crippen LogP contribution in [0, 0.1) is 6.92 Å². The highest BCUT2D eigenvalue weighted by Crippen LogP contribution is 2.32. The number of ether oxygens (including phenoxy) is 1. The molecule has 84 valence electrons. The van der Waals surface area contributed by atoms with Gasteiger partial charge in [0, 0.05) is 5.69 Å². The van der Waals surface area contributed by atoms with Crippen molar-refractivity contribution in [1.29, 1.82) is 0 Å². The van der Waals surface area contributed by atoms with Crippen molar-refractivity contribution in [1.82, 2.24) is 4.98 Å². The van der Waals surface area contributed by atoms with Gasteiger partial charge in [0.15, 0.2) is 5.76 Å². The minimum Gasteiger partial charge on any atom is -0.465 e. The van der Waals surface area contributed by atoms with Crippen LogP contribution in [0.2, 0.25) is 5.02 Å². The van der Waals surface area contributed by atoms with Gasteiger partial charge in [0.1, 0.15) is 5.69 Å². The number of furan rings is 1. The average Bonchev–Trinajstić information content (AvgIpc) is 2.86. The van der Waals surface area contributed by atoms with Crippen molar-refractivity contribution in [2.24, 2.45) is 0 Å². The first-order valence-electron chi connectivity index (χ1n) is 4.65. The van der Waals surface area contributed by atoms with Crippen molar-refractivity contribution in [3.63, 3.8) is 0 Å². The maximum Gasteiger partial charge on any atom is 0.341 e. The fourth-order valence-electron chi connectivity index (χ4n) is 1.53. The lowest BCUT2D eigenvalue weighted by atomic mass is 10.2. The molecule has 0 saturated heterocycles. The third-order valence-electron chi connectivity index (χ3n) is 2.28. The van der Waals surface area contributed by atoms with E-state index in [0.29, 0.717) is 27.7 Å². The molecular weight excluding hydrogens is 230 g/mol. The molecule has 2 rings (SSSR count). The smallest absolute Gasteiger partial charge is 0.341 e. The van der Waals surface area contributed by atoms with Crippen molar-refractivity contribution >= 4 is 17.6 Å². The predicted octanol–water partition coefficient (Wildman–Crippen LogP) is 3.02. The first-order valence-corrected chi connectivity index (χ1v) is 5.03. The Bertz CT molecular complexity index is 514. The van der Waals surface area contributed by atoms with E-state index >= 15 is 0 Å². The quantitative estimate of drug-likeness (QED) is 0.820. The van der Waals surface area contributed by atoms with E-state index in [1.165, 1.54) is 7.11 Å². The number of carbonyl (C=O) groups excluding carboxylic acids is 1. The molecule has 0 fully saturated rings. The van der Waals surface area contributed by atoms with Crippen LogP contribution < -0.4 is 0 Å². The number of halogens is 1. The molecule has 0 bridgehead atoms. The zero-order chi connectivity index (χ0) is 11.7. The van der Waals surface area contributed by atoms with Gasteiger partial charge in [-0.05, 0) is 19.1 Å². The lowest BCUT2D eigenvalue weighted by Crippen LogP contribution is -2.02. The van der Waals surface area contributed by atoms with Crippen LogP contribution in [0.15, 0.2) is 22.8 Å². The Balaban J connectivity index is 2.55. The topological polar surface area (TPSA) is 55.2 Å². The second kappa shape index (κ2) is 4.06. The Morgan fingerprint density at radius 2 is 2.31 bits per heavy atom. The molecule has 0 saturated carbocycles. The summed E-state index contributed by atoms with van der Waals surface area (Å²) in [4.78, 5) is 14.5. The summed E-state index contributed by atoms with van der Waals surface area (Å²) in [5.74, 6) is 0.125. The molecule has 0 aliphatic rings. The van der Waals surface area contributed by atoms with E-state index in [2.05, 4.69) is 9.72 Å². The number of H-pyrrole nitrogens is 1. The van der Waals surface area contributed by atoms with Gasteiger partial charge >= 0.3 is 5.97 Å². The Morgan fingerprint density at radius 3 is 2.88 bits per heavy atom. The molecule has 0 spiro atoms. The molecule has 2 aromatic heterocycles. The zero-order valence-electron chi connectivity index (χ0n) is 8.83. The summed E-state index contributed by atoms with van der Waals surface area (Å²) in [5, 5.41) is 0.319. The second-order valence-electron chi connectivity index (χ2n) is 3.28. The number of rotatable bonds is 2. The summed E-state index contributed by atoms with van der Waals surface area (Å²) >= 11 is 6.10. The predicted molar refractivity (Wildman–Crippen MR) is 59.6 cm³/mol. The molecule has 2 heterocycles. The molecule has 0 unspecified atom stereocenters. The van der Waals surface area contributed by atoms with Crippen molar-refractivity contribution < 1.29 is 13.9 Å². The lowest BCUT2D eigenvalue weighted by molar-refractivity contribution is 0.0600. The van der Waals surface area contributed by atoms with E-state index in [-0.39, 0.29) is 0 Å². The summed E-state index contributed by atoms with van der Waals surface area (Å²) in [6.45, 7) is 1.75. The fourth-order valence-corrected chi connectivity index (χ4v) is 1.89. The number of methoxy groups -OCH3 is 1. The monoisotopic (exact) mass is 239 g/mol. The van der Waals surface area contributed by atoms with Crippen molar-refractivity contribution in [3.05, 3.63) is 34.7 Å². The average molecular weight is 240 g/mol. The highest BCUT2D eigenvalue weighted by molar-refractivity contribution is 6.36. The highest BCUT2D eigenvalue weighted by atomic mass is 35.5. The number of aromatic amines is 1. The van der Waals surface area contributed by atoms with Gasteiger partial charge in [0.2, 0.25) is 0 Å². The van der Waals surface area contributed by atoms with E-state index in [0.717, 1.165) is 0 Å². The van der Waals surface area contributed by atoms with Crippen molar-refractivity contribution in [2.75, 3.05) is 7.11 Å². The van der Waals surface area contributed by atoms with Gasteiger partial charge in [-0.2, -0.15) is 0 Å². The molecule has 0 aromatic carbocycles. The van der Waals surface area contributed by atoms with Crippen LogP contribution in [0.3, 0.4) is 0 Å². The Kier molecular flexibility index (Phi) is 2.75. The lowest BCUT2D eigenvalue weighted by Gasteiger charge is -1.97. The first-order chi connectivity index (χ1) is 7.65. The number of hydrogen-bond donors (Lipinski definition) is 1. The van der Waals surface area contributed by atoms with Gasteiger partial charge in [-0.25, -0.2) is 4.79 Å². The third kappa shape index (κ3) is 1.61. The fraction of sp³-hybridized carbons (Fsp3) is 0.182. The highest BCUT2D eigenvalue weighted by Gasteiger charge is 2.22. The number of aromatic nitrogens is 1.